The SMILES string of the molecule is COc1ccc(C(=O)NNC(=O)OC(C)(C)C)c(F)c1. The first-order valence-corrected chi connectivity index (χ1v) is 5.86. The highest BCUT2D eigenvalue weighted by molar-refractivity contribution is 5.95. The van der Waals surface area contributed by atoms with Gasteiger partial charge in [-0.15, -0.1) is 0 Å². The van der Waals surface area contributed by atoms with E-state index in [0.717, 1.165) is 6.07 Å². The summed E-state index contributed by atoms with van der Waals surface area (Å²) in [5.41, 5.74) is 3.18. The number of halogens is 1. The van der Waals surface area contributed by atoms with Crippen LogP contribution in [0.2, 0.25) is 0 Å². The van der Waals surface area contributed by atoms with Crippen molar-refractivity contribution in [2.75, 3.05) is 7.11 Å². The molecule has 1 aromatic carbocycles. The molecule has 0 saturated heterocycles. The number of hydrazine groups is 1. The standard InChI is InChI=1S/C13H17FN2O4/c1-13(2,3)20-12(18)16-15-11(17)9-6-5-8(19-4)7-10(9)14/h5-7H,1-4H3,(H,15,17)(H,16,18). The fourth-order valence-corrected chi connectivity index (χ4v) is 1.29. The van der Waals surface area contributed by atoms with E-state index in [0.29, 0.717) is 5.75 Å². The molecule has 20 heavy (non-hydrogen) atoms. The van der Waals surface area contributed by atoms with Crippen molar-refractivity contribution < 1.29 is 23.5 Å². The second-order valence-electron chi connectivity index (χ2n) is 4.93. The first-order valence-electron chi connectivity index (χ1n) is 5.86. The Hall–Kier alpha value is -2.31. The topological polar surface area (TPSA) is 76.7 Å². The molecule has 2 amide bonds. The molecule has 0 heterocycles. The van der Waals surface area contributed by atoms with E-state index in [4.69, 9.17) is 9.47 Å². The Morgan fingerprint density at radius 1 is 1.20 bits per heavy atom. The van der Waals surface area contributed by atoms with E-state index in [2.05, 4.69) is 5.43 Å². The second kappa shape index (κ2) is 6.23. The minimum Gasteiger partial charge on any atom is -0.497 e. The number of amides is 2. The molecule has 0 bridgehead atoms. The van der Waals surface area contributed by atoms with Crippen LogP contribution in [0, 0.1) is 5.82 Å². The van der Waals surface area contributed by atoms with E-state index in [1.54, 1.807) is 20.8 Å². The van der Waals surface area contributed by atoms with Gasteiger partial charge in [-0.2, -0.15) is 0 Å². The van der Waals surface area contributed by atoms with Gasteiger partial charge in [-0.1, -0.05) is 0 Å². The normalized spacial score (nSPS) is 10.7. The summed E-state index contributed by atoms with van der Waals surface area (Å²) in [6.07, 6.45) is -0.834. The molecule has 0 saturated carbocycles. The third-order valence-corrected chi connectivity index (χ3v) is 2.10. The van der Waals surface area contributed by atoms with E-state index in [1.165, 1.54) is 19.2 Å². The van der Waals surface area contributed by atoms with Gasteiger partial charge >= 0.3 is 6.09 Å². The molecule has 1 aromatic rings. The number of methoxy groups -OCH3 is 1. The number of benzene rings is 1. The number of nitrogens with one attached hydrogen (secondary N) is 2. The first kappa shape index (κ1) is 15.7. The maximum absolute atomic E-state index is 13.6. The van der Waals surface area contributed by atoms with Crippen molar-refractivity contribution in [3.05, 3.63) is 29.6 Å². The average Bonchev–Trinajstić information content (AvgIpc) is 2.33. The lowest BCUT2D eigenvalue weighted by molar-refractivity contribution is 0.0483. The molecule has 1 rings (SSSR count). The summed E-state index contributed by atoms with van der Waals surface area (Å²) in [7, 11) is 1.39. The molecule has 0 radical (unpaired) electrons. The van der Waals surface area contributed by atoms with Gasteiger partial charge in [0.1, 0.15) is 17.2 Å². The van der Waals surface area contributed by atoms with Gasteiger partial charge in [0.05, 0.1) is 12.7 Å². The van der Waals surface area contributed by atoms with Crippen molar-refractivity contribution >= 4 is 12.0 Å². The molecule has 2 N–H and O–H groups in total. The summed E-state index contributed by atoms with van der Waals surface area (Å²) in [5.74, 6) is -1.26. The van der Waals surface area contributed by atoms with Crippen molar-refractivity contribution in [1.82, 2.24) is 10.9 Å². The van der Waals surface area contributed by atoms with E-state index >= 15 is 0 Å². The number of hydrogen-bond donors (Lipinski definition) is 2. The predicted molar refractivity (Wildman–Crippen MR) is 69.8 cm³/mol. The lowest BCUT2D eigenvalue weighted by Gasteiger charge is -2.19. The second-order valence-corrected chi connectivity index (χ2v) is 4.93. The third-order valence-electron chi connectivity index (χ3n) is 2.10. The molecular formula is C13H17FN2O4. The zero-order valence-electron chi connectivity index (χ0n) is 11.7. The van der Waals surface area contributed by atoms with Crippen LogP contribution in [0.25, 0.3) is 0 Å². The Morgan fingerprint density at radius 3 is 2.35 bits per heavy atom. The van der Waals surface area contributed by atoms with Crippen LogP contribution in [0.1, 0.15) is 31.1 Å². The molecule has 0 aromatic heterocycles. The van der Waals surface area contributed by atoms with Crippen molar-refractivity contribution in [1.29, 1.82) is 0 Å². The number of carbonyl (C=O) groups excluding carboxylic acids is 2. The fraction of sp³-hybridized carbons (Fsp3) is 0.385. The third kappa shape index (κ3) is 4.75. The Balaban J connectivity index is 2.61. The summed E-state index contributed by atoms with van der Waals surface area (Å²) >= 11 is 0. The summed E-state index contributed by atoms with van der Waals surface area (Å²) in [6.45, 7) is 5.03. The van der Waals surface area contributed by atoms with Gasteiger partial charge in [0.25, 0.3) is 5.91 Å². The lowest BCUT2D eigenvalue weighted by Crippen LogP contribution is -2.44. The first-order chi connectivity index (χ1) is 9.23. The van der Waals surface area contributed by atoms with E-state index in [9.17, 15) is 14.0 Å². The van der Waals surface area contributed by atoms with Crippen molar-refractivity contribution in [3.63, 3.8) is 0 Å². The summed E-state index contributed by atoms with van der Waals surface area (Å²) < 4.78 is 23.3. The van der Waals surface area contributed by atoms with Crippen LogP contribution in [0.15, 0.2) is 18.2 Å². The summed E-state index contributed by atoms with van der Waals surface area (Å²) in [5, 5.41) is 0. The van der Waals surface area contributed by atoms with Gasteiger partial charge in [0.15, 0.2) is 0 Å². The Kier molecular flexibility index (Phi) is 4.90. The Labute approximate surface area is 116 Å². The number of rotatable bonds is 2. The summed E-state index contributed by atoms with van der Waals surface area (Å²) in [4.78, 5) is 23.0. The van der Waals surface area contributed by atoms with E-state index in [1.807, 2.05) is 5.43 Å². The highest BCUT2D eigenvalue weighted by Gasteiger charge is 2.18. The van der Waals surface area contributed by atoms with Crippen LogP contribution in [0.3, 0.4) is 0 Å². The minimum absolute atomic E-state index is 0.221. The smallest absolute Gasteiger partial charge is 0.426 e. The minimum atomic E-state index is -0.834. The van der Waals surface area contributed by atoms with Crippen LogP contribution >= 0.6 is 0 Å². The zero-order valence-corrected chi connectivity index (χ0v) is 11.7. The lowest BCUT2D eigenvalue weighted by atomic mass is 10.2. The molecule has 0 aliphatic heterocycles. The number of hydrogen-bond acceptors (Lipinski definition) is 4. The predicted octanol–water partition coefficient (Wildman–Crippen LogP) is 2.00. The molecule has 0 atom stereocenters. The van der Waals surface area contributed by atoms with Gasteiger partial charge < -0.3 is 9.47 Å². The average molecular weight is 284 g/mol. The highest BCUT2D eigenvalue weighted by Crippen LogP contribution is 2.15. The van der Waals surface area contributed by atoms with Gasteiger partial charge in [-0.25, -0.2) is 14.6 Å². The number of ether oxygens (including phenoxy) is 2. The van der Waals surface area contributed by atoms with E-state index < -0.39 is 23.4 Å². The van der Waals surface area contributed by atoms with Crippen LogP contribution in [0.5, 0.6) is 5.75 Å². The molecule has 0 unspecified atom stereocenters. The van der Waals surface area contributed by atoms with Crippen LogP contribution in [0.4, 0.5) is 9.18 Å². The van der Waals surface area contributed by atoms with Crippen molar-refractivity contribution in [2.24, 2.45) is 0 Å². The molecule has 0 spiro atoms. The molecule has 0 aliphatic rings. The van der Waals surface area contributed by atoms with Gasteiger partial charge in [0, 0.05) is 6.07 Å². The van der Waals surface area contributed by atoms with Gasteiger partial charge in [-0.05, 0) is 32.9 Å². The van der Waals surface area contributed by atoms with Crippen LogP contribution in [-0.4, -0.2) is 24.7 Å². The molecular weight excluding hydrogens is 267 g/mol. The van der Waals surface area contributed by atoms with Gasteiger partial charge in [-0.3, -0.25) is 10.2 Å². The quantitative estimate of drug-likeness (QED) is 0.814. The molecule has 0 aliphatic carbocycles. The maximum Gasteiger partial charge on any atom is 0.426 e. The number of carbonyl (C=O) groups is 2. The molecule has 7 heteroatoms. The van der Waals surface area contributed by atoms with Gasteiger partial charge in [0.2, 0.25) is 0 Å². The highest BCUT2D eigenvalue weighted by atomic mass is 19.1. The van der Waals surface area contributed by atoms with Crippen molar-refractivity contribution in [2.45, 2.75) is 26.4 Å². The Morgan fingerprint density at radius 2 is 1.85 bits per heavy atom. The monoisotopic (exact) mass is 284 g/mol. The maximum atomic E-state index is 13.6. The largest absolute Gasteiger partial charge is 0.497 e. The van der Waals surface area contributed by atoms with Crippen LogP contribution in [-0.2, 0) is 4.74 Å². The fourth-order valence-electron chi connectivity index (χ4n) is 1.29. The summed E-state index contributed by atoms with van der Waals surface area (Å²) in [6, 6.07) is 3.76. The Bertz CT molecular complexity index is 512. The zero-order chi connectivity index (χ0) is 15.3. The van der Waals surface area contributed by atoms with Crippen LogP contribution < -0.4 is 15.6 Å². The molecule has 0 fully saturated rings. The van der Waals surface area contributed by atoms with Crippen molar-refractivity contribution in [3.8, 4) is 5.75 Å². The molecule has 110 valence electrons. The molecule has 6 nitrogen and oxygen atoms in total. The van der Waals surface area contributed by atoms with E-state index in [-0.39, 0.29) is 5.56 Å².